The van der Waals surface area contributed by atoms with Crippen LogP contribution in [0.25, 0.3) is 5.57 Å². The van der Waals surface area contributed by atoms with Crippen molar-refractivity contribution in [3.05, 3.63) is 89.5 Å². The van der Waals surface area contributed by atoms with Gasteiger partial charge in [-0.2, -0.15) is 0 Å². The SMILES string of the molecule is C[C@@]1(c2ccccc2)CC(c2ccccc2)=CC=C1C=O. The summed E-state index contributed by atoms with van der Waals surface area (Å²) >= 11 is 0. The standard InChI is InChI=1S/C20H18O/c1-20(18-10-6-3-7-11-18)14-17(12-13-19(20)15-21)16-8-4-2-5-9-16/h2-13,15H,14H2,1H3/t20-/m0/s1. The van der Waals surface area contributed by atoms with Crippen molar-refractivity contribution in [2.45, 2.75) is 18.8 Å². The third-order valence-corrected chi connectivity index (χ3v) is 4.33. The van der Waals surface area contributed by atoms with E-state index >= 15 is 0 Å². The predicted octanol–water partition coefficient (Wildman–Crippen LogP) is 4.56. The zero-order valence-electron chi connectivity index (χ0n) is 12.1. The van der Waals surface area contributed by atoms with E-state index in [9.17, 15) is 4.79 Å². The zero-order chi connectivity index (χ0) is 14.7. The van der Waals surface area contributed by atoms with Gasteiger partial charge in [-0.05, 0) is 23.1 Å². The molecule has 0 heterocycles. The Labute approximate surface area is 125 Å². The highest BCUT2D eigenvalue weighted by Crippen LogP contribution is 2.42. The average molecular weight is 274 g/mol. The van der Waals surface area contributed by atoms with Crippen LogP contribution in [0, 0.1) is 0 Å². The zero-order valence-corrected chi connectivity index (χ0v) is 12.1. The molecule has 0 bridgehead atoms. The summed E-state index contributed by atoms with van der Waals surface area (Å²) < 4.78 is 0. The molecule has 1 atom stereocenters. The summed E-state index contributed by atoms with van der Waals surface area (Å²) in [7, 11) is 0. The minimum atomic E-state index is -0.261. The number of hydrogen-bond donors (Lipinski definition) is 0. The van der Waals surface area contributed by atoms with Crippen LogP contribution in [0.5, 0.6) is 0 Å². The molecule has 1 heteroatoms. The smallest absolute Gasteiger partial charge is 0.146 e. The van der Waals surface area contributed by atoms with Gasteiger partial charge in [-0.15, -0.1) is 0 Å². The molecule has 0 aromatic heterocycles. The quantitative estimate of drug-likeness (QED) is 0.750. The van der Waals surface area contributed by atoms with Gasteiger partial charge in [0.05, 0.1) is 0 Å². The molecule has 104 valence electrons. The van der Waals surface area contributed by atoms with Crippen molar-refractivity contribution in [3.8, 4) is 0 Å². The summed E-state index contributed by atoms with van der Waals surface area (Å²) in [6.45, 7) is 2.15. The second-order valence-electron chi connectivity index (χ2n) is 5.67. The maximum absolute atomic E-state index is 11.5. The van der Waals surface area contributed by atoms with E-state index in [2.05, 4.69) is 49.4 Å². The molecule has 0 unspecified atom stereocenters. The molecule has 0 spiro atoms. The van der Waals surface area contributed by atoms with Gasteiger partial charge in [-0.25, -0.2) is 0 Å². The Bertz CT molecular complexity index is 695. The number of aldehydes is 1. The maximum Gasteiger partial charge on any atom is 0.146 e. The Balaban J connectivity index is 2.06. The Kier molecular flexibility index (Phi) is 3.57. The monoisotopic (exact) mass is 274 g/mol. The third-order valence-electron chi connectivity index (χ3n) is 4.33. The van der Waals surface area contributed by atoms with Gasteiger partial charge in [0.25, 0.3) is 0 Å². The van der Waals surface area contributed by atoms with E-state index in [1.807, 2.05) is 30.3 Å². The largest absolute Gasteiger partial charge is 0.298 e. The van der Waals surface area contributed by atoms with Crippen molar-refractivity contribution < 1.29 is 4.79 Å². The summed E-state index contributed by atoms with van der Waals surface area (Å²) in [6.07, 6.45) is 5.87. The molecule has 0 N–H and O–H groups in total. The minimum absolute atomic E-state index is 0.261. The van der Waals surface area contributed by atoms with Crippen molar-refractivity contribution in [1.29, 1.82) is 0 Å². The van der Waals surface area contributed by atoms with Crippen LogP contribution in [0.3, 0.4) is 0 Å². The van der Waals surface area contributed by atoms with Gasteiger partial charge in [0.2, 0.25) is 0 Å². The van der Waals surface area contributed by atoms with Crippen molar-refractivity contribution in [3.63, 3.8) is 0 Å². The number of carbonyl (C=O) groups is 1. The molecule has 0 aliphatic heterocycles. The molecule has 0 fully saturated rings. The van der Waals surface area contributed by atoms with Gasteiger partial charge in [-0.1, -0.05) is 79.7 Å². The van der Waals surface area contributed by atoms with Crippen molar-refractivity contribution in [2.75, 3.05) is 0 Å². The van der Waals surface area contributed by atoms with Gasteiger partial charge in [-0.3, -0.25) is 4.79 Å². The normalized spacial score (nSPS) is 21.4. The van der Waals surface area contributed by atoms with Crippen LogP contribution in [0.2, 0.25) is 0 Å². The highest BCUT2D eigenvalue weighted by Gasteiger charge is 2.33. The molecule has 0 amide bonds. The molecular weight excluding hydrogens is 256 g/mol. The van der Waals surface area contributed by atoms with E-state index in [1.54, 1.807) is 0 Å². The van der Waals surface area contributed by atoms with Crippen molar-refractivity contribution >= 4 is 11.9 Å². The molecular formula is C20H18O. The summed E-state index contributed by atoms with van der Waals surface area (Å²) in [6, 6.07) is 20.6. The van der Waals surface area contributed by atoms with E-state index in [4.69, 9.17) is 0 Å². The van der Waals surface area contributed by atoms with Gasteiger partial charge < -0.3 is 0 Å². The van der Waals surface area contributed by atoms with Crippen LogP contribution in [0.15, 0.2) is 78.4 Å². The van der Waals surface area contributed by atoms with Gasteiger partial charge >= 0.3 is 0 Å². The summed E-state index contributed by atoms with van der Waals surface area (Å²) in [4.78, 5) is 11.5. The van der Waals surface area contributed by atoms with Crippen LogP contribution in [0.4, 0.5) is 0 Å². The fraction of sp³-hybridized carbons (Fsp3) is 0.150. The highest BCUT2D eigenvalue weighted by molar-refractivity contribution is 5.84. The minimum Gasteiger partial charge on any atom is -0.298 e. The lowest BCUT2D eigenvalue weighted by Crippen LogP contribution is -2.28. The molecule has 2 aromatic carbocycles. The molecule has 1 aliphatic rings. The Hall–Kier alpha value is -2.41. The van der Waals surface area contributed by atoms with Crippen LogP contribution in [-0.2, 0) is 10.2 Å². The first-order valence-electron chi connectivity index (χ1n) is 7.21. The predicted molar refractivity (Wildman–Crippen MR) is 87.0 cm³/mol. The summed E-state index contributed by atoms with van der Waals surface area (Å²) in [5.41, 5.74) is 4.26. The number of rotatable bonds is 3. The first-order valence-corrected chi connectivity index (χ1v) is 7.21. The van der Waals surface area contributed by atoms with Crippen molar-refractivity contribution in [1.82, 2.24) is 0 Å². The van der Waals surface area contributed by atoms with E-state index < -0.39 is 0 Å². The summed E-state index contributed by atoms with van der Waals surface area (Å²) in [5, 5.41) is 0. The van der Waals surface area contributed by atoms with E-state index in [-0.39, 0.29) is 5.41 Å². The van der Waals surface area contributed by atoms with E-state index in [0.29, 0.717) is 0 Å². The highest BCUT2D eigenvalue weighted by atomic mass is 16.1. The second kappa shape index (κ2) is 5.53. The van der Waals surface area contributed by atoms with Crippen LogP contribution >= 0.6 is 0 Å². The van der Waals surface area contributed by atoms with Gasteiger partial charge in [0.15, 0.2) is 0 Å². The Morgan fingerprint density at radius 1 is 0.905 bits per heavy atom. The Morgan fingerprint density at radius 2 is 1.52 bits per heavy atom. The lowest BCUT2D eigenvalue weighted by Gasteiger charge is -2.34. The van der Waals surface area contributed by atoms with E-state index in [1.165, 1.54) is 16.7 Å². The number of hydrogen-bond acceptors (Lipinski definition) is 1. The maximum atomic E-state index is 11.5. The number of allylic oxidation sites excluding steroid dienone is 4. The third kappa shape index (κ3) is 2.47. The lowest BCUT2D eigenvalue weighted by atomic mass is 9.68. The fourth-order valence-electron chi connectivity index (χ4n) is 3.01. The van der Waals surface area contributed by atoms with Gasteiger partial charge in [0.1, 0.15) is 6.29 Å². The van der Waals surface area contributed by atoms with E-state index in [0.717, 1.165) is 18.3 Å². The molecule has 0 radical (unpaired) electrons. The molecule has 1 nitrogen and oxygen atoms in total. The first kappa shape index (κ1) is 13.6. The van der Waals surface area contributed by atoms with Crippen molar-refractivity contribution in [2.24, 2.45) is 0 Å². The molecule has 21 heavy (non-hydrogen) atoms. The van der Waals surface area contributed by atoms with Gasteiger partial charge in [0, 0.05) is 11.0 Å². The van der Waals surface area contributed by atoms with Crippen LogP contribution < -0.4 is 0 Å². The molecule has 2 aromatic rings. The number of benzene rings is 2. The first-order chi connectivity index (χ1) is 10.2. The molecule has 3 rings (SSSR count). The van der Waals surface area contributed by atoms with Crippen LogP contribution in [-0.4, -0.2) is 6.29 Å². The van der Waals surface area contributed by atoms with Crippen LogP contribution in [0.1, 0.15) is 24.5 Å². The fourth-order valence-corrected chi connectivity index (χ4v) is 3.01. The lowest BCUT2D eigenvalue weighted by molar-refractivity contribution is -0.105. The Morgan fingerprint density at radius 3 is 2.14 bits per heavy atom. The molecule has 0 saturated heterocycles. The molecule has 0 saturated carbocycles. The second-order valence-corrected chi connectivity index (χ2v) is 5.67. The average Bonchev–Trinajstić information content (AvgIpc) is 2.56. The molecule has 1 aliphatic carbocycles. The summed E-state index contributed by atoms with van der Waals surface area (Å²) in [5.74, 6) is 0. The number of carbonyl (C=O) groups excluding carboxylic acids is 1. The topological polar surface area (TPSA) is 17.1 Å².